The lowest BCUT2D eigenvalue weighted by Gasteiger charge is -2.26. The Morgan fingerprint density at radius 1 is 1.14 bits per heavy atom. The minimum atomic E-state index is -1.84. The van der Waals surface area contributed by atoms with Gasteiger partial charge < -0.3 is 8.85 Å². The number of hydrogen-bond acceptors (Lipinski definition) is 2. The minimum Gasteiger partial charge on any atom is -0.395 e. The highest BCUT2D eigenvalue weighted by Crippen LogP contribution is 2.13. The Morgan fingerprint density at radius 3 is 2.29 bits per heavy atom. The van der Waals surface area contributed by atoms with Crippen LogP contribution in [0.1, 0.15) is 46.5 Å². The van der Waals surface area contributed by atoms with Gasteiger partial charge in [0.05, 0.1) is 0 Å². The van der Waals surface area contributed by atoms with Gasteiger partial charge in [-0.2, -0.15) is 0 Å². The molecular formula is C11H26O2Si. The van der Waals surface area contributed by atoms with Gasteiger partial charge in [0.2, 0.25) is 0 Å². The molecule has 0 fully saturated rings. The topological polar surface area (TPSA) is 18.5 Å². The van der Waals surface area contributed by atoms with E-state index in [1.54, 1.807) is 0 Å². The molecule has 0 aliphatic carbocycles. The molecule has 3 heteroatoms. The molecule has 0 aromatic heterocycles. The van der Waals surface area contributed by atoms with E-state index in [1.165, 1.54) is 12.8 Å². The van der Waals surface area contributed by atoms with Gasteiger partial charge in [-0.15, -0.1) is 0 Å². The van der Waals surface area contributed by atoms with E-state index in [1.807, 2.05) is 0 Å². The summed E-state index contributed by atoms with van der Waals surface area (Å²) in [5.74, 6) is 0. The summed E-state index contributed by atoms with van der Waals surface area (Å²) in [6.45, 7) is 11.6. The van der Waals surface area contributed by atoms with Gasteiger partial charge in [0.1, 0.15) is 0 Å². The Morgan fingerprint density at radius 2 is 1.79 bits per heavy atom. The largest absolute Gasteiger partial charge is 0.395 e. The molecule has 0 saturated carbocycles. The normalized spacial score (nSPS) is 14.4. The standard InChI is InChI=1S/C11H26O2Si/c1-6-8-9-11(3)13-14(4,5)12-10-7-2/h11H,6-10H2,1-5H3. The van der Waals surface area contributed by atoms with Gasteiger partial charge in [-0.25, -0.2) is 0 Å². The fourth-order valence-electron chi connectivity index (χ4n) is 1.42. The Bertz CT molecular complexity index is 137. The van der Waals surface area contributed by atoms with E-state index in [0.717, 1.165) is 19.4 Å². The third-order valence-corrected chi connectivity index (χ3v) is 3.97. The molecule has 0 spiro atoms. The zero-order chi connectivity index (χ0) is 11.0. The van der Waals surface area contributed by atoms with Crippen LogP contribution in [0, 0.1) is 0 Å². The zero-order valence-corrected chi connectivity index (χ0v) is 11.4. The van der Waals surface area contributed by atoms with Crippen LogP contribution in [0.5, 0.6) is 0 Å². The molecule has 0 saturated heterocycles. The third kappa shape index (κ3) is 7.53. The smallest absolute Gasteiger partial charge is 0.331 e. The summed E-state index contributed by atoms with van der Waals surface area (Å²) in [7, 11) is -1.84. The van der Waals surface area contributed by atoms with E-state index in [4.69, 9.17) is 8.85 Å². The van der Waals surface area contributed by atoms with E-state index in [0.29, 0.717) is 6.10 Å². The van der Waals surface area contributed by atoms with Crippen molar-refractivity contribution < 1.29 is 8.85 Å². The average molecular weight is 218 g/mol. The quantitative estimate of drug-likeness (QED) is 0.578. The van der Waals surface area contributed by atoms with Crippen LogP contribution in [0.4, 0.5) is 0 Å². The van der Waals surface area contributed by atoms with E-state index in [9.17, 15) is 0 Å². The predicted molar refractivity (Wildman–Crippen MR) is 63.8 cm³/mol. The molecule has 0 heterocycles. The van der Waals surface area contributed by atoms with Crippen molar-refractivity contribution in [2.75, 3.05) is 6.61 Å². The molecule has 1 unspecified atom stereocenters. The second-order valence-corrected chi connectivity index (χ2v) is 7.64. The number of hydrogen-bond donors (Lipinski definition) is 0. The van der Waals surface area contributed by atoms with Gasteiger partial charge >= 0.3 is 8.56 Å². The van der Waals surface area contributed by atoms with Gasteiger partial charge in [0, 0.05) is 12.7 Å². The van der Waals surface area contributed by atoms with E-state index >= 15 is 0 Å². The lowest BCUT2D eigenvalue weighted by molar-refractivity contribution is 0.124. The van der Waals surface area contributed by atoms with Crippen molar-refractivity contribution in [2.45, 2.75) is 65.7 Å². The lowest BCUT2D eigenvalue weighted by Crippen LogP contribution is -2.38. The molecule has 0 aromatic carbocycles. The maximum atomic E-state index is 5.96. The average Bonchev–Trinajstić information content (AvgIpc) is 2.11. The molecule has 0 rings (SSSR count). The molecule has 0 N–H and O–H groups in total. The van der Waals surface area contributed by atoms with Gasteiger partial charge in [-0.1, -0.05) is 26.7 Å². The lowest BCUT2D eigenvalue weighted by atomic mass is 10.2. The van der Waals surface area contributed by atoms with Crippen LogP contribution in [0.3, 0.4) is 0 Å². The monoisotopic (exact) mass is 218 g/mol. The first kappa shape index (κ1) is 14.1. The van der Waals surface area contributed by atoms with Crippen LogP contribution in [0.25, 0.3) is 0 Å². The Labute approximate surface area is 90.2 Å². The number of rotatable bonds is 8. The summed E-state index contributed by atoms with van der Waals surface area (Å²) in [6, 6.07) is 0. The van der Waals surface area contributed by atoms with Crippen molar-refractivity contribution in [1.29, 1.82) is 0 Å². The summed E-state index contributed by atoms with van der Waals surface area (Å²) < 4.78 is 11.7. The fraction of sp³-hybridized carbons (Fsp3) is 1.00. The second-order valence-electron chi connectivity index (χ2n) is 4.32. The first-order valence-electron chi connectivity index (χ1n) is 5.83. The molecule has 14 heavy (non-hydrogen) atoms. The Hall–Kier alpha value is 0.137. The molecule has 0 aliphatic rings. The van der Waals surface area contributed by atoms with E-state index < -0.39 is 8.56 Å². The fourth-order valence-corrected chi connectivity index (χ4v) is 3.27. The van der Waals surface area contributed by atoms with Crippen molar-refractivity contribution >= 4 is 8.56 Å². The Kier molecular flexibility index (Phi) is 7.50. The first-order chi connectivity index (χ1) is 6.52. The SMILES string of the molecule is CCCCC(C)O[Si](C)(C)OCCC. The van der Waals surface area contributed by atoms with Crippen molar-refractivity contribution in [3.63, 3.8) is 0 Å². The molecule has 86 valence electrons. The summed E-state index contributed by atoms with van der Waals surface area (Å²) >= 11 is 0. The Balaban J connectivity index is 3.70. The van der Waals surface area contributed by atoms with Crippen LogP contribution < -0.4 is 0 Å². The number of unbranched alkanes of at least 4 members (excludes halogenated alkanes) is 1. The summed E-state index contributed by atoms with van der Waals surface area (Å²) in [5, 5.41) is 0. The van der Waals surface area contributed by atoms with Crippen LogP contribution in [0.15, 0.2) is 0 Å². The molecular weight excluding hydrogens is 192 g/mol. The molecule has 0 amide bonds. The molecule has 0 aliphatic heterocycles. The maximum absolute atomic E-state index is 5.96. The second kappa shape index (κ2) is 7.43. The van der Waals surface area contributed by atoms with Gasteiger partial charge in [0.25, 0.3) is 0 Å². The van der Waals surface area contributed by atoms with E-state index in [2.05, 4.69) is 33.9 Å². The minimum absolute atomic E-state index is 0.355. The summed E-state index contributed by atoms with van der Waals surface area (Å²) in [5.41, 5.74) is 0. The van der Waals surface area contributed by atoms with Gasteiger partial charge in [-0.05, 0) is 32.9 Å². The third-order valence-electron chi connectivity index (χ3n) is 2.10. The highest BCUT2D eigenvalue weighted by atomic mass is 28.4. The zero-order valence-electron chi connectivity index (χ0n) is 10.4. The maximum Gasteiger partial charge on any atom is 0.331 e. The predicted octanol–water partition coefficient (Wildman–Crippen LogP) is 3.71. The van der Waals surface area contributed by atoms with Crippen LogP contribution in [-0.4, -0.2) is 21.3 Å². The summed E-state index contributed by atoms with van der Waals surface area (Å²) in [4.78, 5) is 0. The van der Waals surface area contributed by atoms with E-state index in [-0.39, 0.29) is 0 Å². The van der Waals surface area contributed by atoms with Crippen molar-refractivity contribution in [3.05, 3.63) is 0 Å². The highest BCUT2D eigenvalue weighted by molar-refractivity contribution is 6.64. The molecule has 2 nitrogen and oxygen atoms in total. The molecule has 0 radical (unpaired) electrons. The van der Waals surface area contributed by atoms with Crippen LogP contribution in [-0.2, 0) is 8.85 Å². The van der Waals surface area contributed by atoms with Gasteiger partial charge in [0.15, 0.2) is 0 Å². The molecule has 0 aromatic rings. The first-order valence-corrected chi connectivity index (χ1v) is 8.65. The van der Waals surface area contributed by atoms with Crippen molar-refractivity contribution in [2.24, 2.45) is 0 Å². The van der Waals surface area contributed by atoms with Gasteiger partial charge in [-0.3, -0.25) is 0 Å². The molecule has 0 bridgehead atoms. The van der Waals surface area contributed by atoms with Crippen molar-refractivity contribution in [3.8, 4) is 0 Å². The summed E-state index contributed by atoms with van der Waals surface area (Å²) in [6.07, 6.45) is 5.07. The molecule has 1 atom stereocenters. The highest BCUT2D eigenvalue weighted by Gasteiger charge is 2.26. The van der Waals surface area contributed by atoms with Crippen LogP contribution >= 0.6 is 0 Å². The van der Waals surface area contributed by atoms with Crippen LogP contribution in [0.2, 0.25) is 13.1 Å². The van der Waals surface area contributed by atoms with Crippen molar-refractivity contribution in [1.82, 2.24) is 0 Å².